The summed E-state index contributed by atoms with van der Waals surface area (Å²) < 4.78 is 5.00. The number of unbranched alkanes of at least 4 members (excludes halogenated alkanes) is 1. The van der Waals surface area contributed by atoms with E-state index in [0.717, 1.165) is 26.1 Å². The number of nitrogens with one attached hydrogen (secondary N) is 1. The molecule has 0 fully saturated rings. The molecule has 0 heterocycles. The van der Waals surface area contributed by atoms with Crippen molar-refractivity contribution in [3.8, 4) is 11.1 Å². The summed E-state index contributed by atoms with van der Waals surface area (Å²) in [5.74, 6) is 0. The second kappa shape index (κ2) is 9.32. The van der Waals surface area contributed by atoms with Gasteiger partial charge in [-0.05, 0) is 42.5 Å². The molecular formula is C19H25NO. The standard InChI is InChI=1S/C19H25NO/c1-21-16-15-20-14-6-5-7-17-10-12-19(13-11-17)18-8-3-2-4-9-18/h2-4,8-13,20H,5-7,14-16H2,1H3. The number of benzene rings is 2. The molecule has 0 saturated carbocycles. The molecular weight excluding hydrogens is 258 g/mol. The quantitative estimate of drug-likeness (QED) is 0.704. The lowest BCUT2D eigenvalue weighted by atomic mass is 10.0. The van der Waals surface area contributed by atoms with Crippen molar-refractivity contribution in [3.05, 3.63) is 60.2 Å². The molecule has 2 nitrogen and oxygen atoms in total. The van der Waals surface area contributed by atoms with E-state index in [1.54, 1.807) is 7.11 Å². The predicted octanol–water partition coefficient (Wildman–Crippen LogP) is 3.91. The molecule has 1 N–H and O–H groups in total. The lowest BCUT2D eigenvalue weighted by Gasteiger charge is -2.06. The highest BCUT2D eigenvalue weighted by Crippen LogP contribution is 2.19. The zero-order chi connectivity index (χ0) is 14.8. The van der Waals surface area contributed by atoms with Crippen LogP contribution in [0.25, 0.3) is 11.1 Å². The van der Waals surface area contributed by atoms with Crippen molar-refractivity contribution in [2.24, 2.45) is 0 Å². The lowest BCUT2D eigenvalue weighted by molar-refractivity contribution is 0.199. The van der Waals surface area contributed by atoms with Gasteiger partial charge >= 0.3 is 0 Å². The van der Waals surface area contributed by atoms with Gasteiger partial charge in [0.25, 0.3) is 0 Å². The molecule has 0 aliphatic heterocycles. The maximum atomic E-state index is 5.00. The summed E-state index contributed by atoms with van der Waals surface area (Å²) >= 11 is 0. The molecule has 0 unspecified atom stereocenters. The van der Waals surface area contributed by atoms with Gasteiger partial charge in [0.15, 0.2) is 0 Å². The van der Waals surface area contributed by atoms with Gasteiger partial charge < -0.3 is 10.1 Å². The molecule has 2 aromatic carbocycles. The Bertz CT molecular complexity index is 493. The number of methoxy groups -OCH3 is 1. The van der Waals surface area contributed by atoms with Crippen LogP contribution in [0.1, 0.15) is 18.4 Å². The van der Waals surface area contributed by atoms with Crippen LogP contribution in [0.2, 0.25) is 0 Å². The molecule has 0 aliphatic carbocycles. The molecule has 0 atom stereocenters. The maximum Gasteiger partial charge on any atom is 0.0587 e. The smallest absolute Gasteiger partial charge is 0.0587 e. The van der Waals surface area contributed by atoms with Crippen LogP contribution in [0, 0.1) is 0 Å². The molecule has 0 bridgehead atoms. The lowest BCUT2D eigenvalue weighted by Crippen LogP contribution is -2.20. The third kappa shape index (κ3) is 5.70. The van der Waals surface area contributed by atoms with Gasteiger partial charge in [0.05, 0.1) is 6.61 Å². The van der Waals surface area contributed by atoms with Gasteiger partial charge in [-0.3, -0.25) is 0 Å². The first-order valence-electron chi connectivity index (χ1n) is 7.74. The van der Waals surface area contributed by atoms with Crippen molar-refractivity contribution in [2.45, 2.75) is 19.3 Å². The Labute approximate surface area is 128 Å². The molecule has 0 saturated heterocycles. The van der Waals surface area contributed by atoms with Gasteiger partial charge in [-0.2, -0.15) is 0 Å². The third-order valence-electron chi connectivity index (χ3n) is 3.61. The summed E-state index contributed by atoms with van der Waals surface area (Å²) in [5, 5.41) is 3.38. The normalized spacial score (nSPS) is 10.7. The summed E-state index contributed by atoms with van der Waals surface area (Å²) in [6.07, 6.45) is 3.59. The molecule has 112 valence electrons. The van der Waals surface area contributed by atoms with Crippen LogP contribution in [0.5, 0.6) is 0 Å². The van der Waals surface area contributed by atoms with E-state index in [0.29, 0.717) is 0 Å². The number of hydrogen-bond donors (Lipinski definition) is 1. The summed E-state index contributed by atoms with van der Waals surface area (Å²) in [4.78, 5) is 0. The first-order valence-corrected chi connectivity index (χ1v) is 7.74. The Morgan fingerprint density at radius 2 is 1.52 bits per heavy atom. The minimum absolute atomic E-state index is 0.793. The van der Waals surface area contributed by atoms with Gasteiger partial charge in [-0.15, -0.1) is 0 Å². The van der Waals surface area contributed by atoms with E-state index >= 15 is 0 Å². The van der Waals surface area contributed by atoms with E-state index in [1.165, 1.54) is 29.5 Å². The highest BCUT2D eigenvalue weighted by molar-refractivity contribution is 5.63. The van der Waals surface area contributed by atoms with E-state index in [2.05, 4.69) is 59.9 Å². The van der Waals surface area contributed by atoms with Crippen LogP contribution >= 0.6 is 0 Å². The molecule has 2 rings (SSSR count). The van der Waals surface area contributed by atoms with Gasteiger partial charge in [0.2, 0.25) is 0 Å². The van der Waals surface area contributed by atoms with E-state index < -0.39 is 0 Å². The van der Waals surface area contributed by atoms with Crippen molar-refractivity contribution >= 4 is 0 Å². The van der Waals surface area contributed by atoms with Crippen molar-refractivity contribution in [1.29, 1.82) is 0 Å². The van der Waals surface area contributed by atoms with Crippen LogP contribution in [-0.2, 0) is 11.2 Å². The molecule has 0 spiro atoms. The Balaban J connectivity index is 1.71. The van der Waals surface area contributed by atoms with Gasteiger partial charge in [-0.25, -0.2) is 0 Å². The topological polar surface area (TPSA) is 21.3 Å². The summed E-state index contributed by atoms with van der Waals surface area (Å²) in [6.45, 7) is 2.81. The van der Waals surface area contributed by atoms with Gasteiger partial charge in [-0.1, -0.05) is 54.6 Å². The minimum atomic E-state index is 0.793. The van der Waals surface area contributed by atoms with Crippen LogP contribution in [0.4, 0.5) is 0 Å². The Kier molecular flexibility index (Phi) is 6.99. The van der Waals surface area contributed by atoms with E-state index in [-0.39, 0.29) is 0 Å². The Hall–Kier alpha value is -1.64. The Morgan fingerprint density at radius 1 is 0.810 bits per heavy atom. The van der Waals surface area contributed by atoms with Crippen LogP contribution in [0.15, 0.2) is 54.6 Å². The molecule has 2 aromatic rings. The second-order valence-corrected chi connectivity index (χ2v) is 5.26. The number of ether oxygens (including phenoxy) is 1. The monoisotopic (exact) mass is 283 g/mol. The van der Waals surface area contributed by atoms with Gasteiger partial charge in [0, 0.05) is 13.7 Å². The molecule has 0 radical (unpaired) electrons. The molecule has 2 heteroatoms. The zero-order valence-corrected chi connectivity index (χ0v) is 12.8. The van der Waals surface area contributed by atoms with E-state index in [9.17, 15) is 0 Å². The minimum Gasteiger partial charge on any atom is -0.383 e. The fourth-order valence-corrected chi connectivity index (χ4v) is 2.37. The first-order chi connectivity index (χ1) is 10.4. The second-order valence-electron chi connectivity index (χ2n) is 5.26. The zero-order valence-electron chi connectivity index (χ0n) is 12.8. The summed E-state index contributed by atoms with van der Waals surface area (Å²) in [6, 6.07) is 19.5. The van der Waals surface area contributed by atoms with Crippen molar-refractivity contribution in [2.75, 3.05) is 26.8 Å². The van der Waals surface area contributed by atoms with Crippen LogP contribution in [0.3, 0.4) is 0 Å². The van der Waals surface area contributed by atoms with Crippen molar-refractivity contribution in [3.63, 3.8) is 0 Å². The van der Waals surface area contributed by atoms with E-state index in [4.69, 9.17) is 4.74 Å². The van der Waals surface area contributed by atoms with E-state index in [1.807, 2.05) is 0 Å². The Morgan fingerprint density at radius 3 is 2.24 bits per heavy atom. The summed E-state index contributed by atoms with van der Waals surface area (Å²) in [5.41, 5.74) is 4.00. The average Bonchev–Trinajstić information content (AvgIpc) is 2.55. The number of rotatable bonds is 9. The average molecular weight is 283 g/mol. The SMILES string of the molecule is COCCNCCCCc1ccc(-c2ccccc2)cc1. The fourth-order valence-electron chi connectivity index (χ4n) is 2.37. The number of hydrogen-bond acceptors (Lipinski definition) is 2. The number of aryl methyl sites for hydroxylation is 1. The fraction of sp³-hybridized carbons (Fsp3) is 0.368. The third-order valence-corrected chi connectivity index (χ3v) is 3.61. The maximum absolute atomic E-state index is 5.00. The van der Waals surface area contributed by atoms with Crippen molar-refractivity contribution < 1.29 is 4.74 Å². The van der Waals surface area contributed by atoms with Crippen molar-refractivity contribution in [1.82, 2.24) is 5.32 Å². The molecule has 21 heavy (non-hydrogen) atoms. The summed E-state index contributed by atoms with van der Waals surface area (Å²) in [7, 11) is 1.74. The van der Waals surface area contributed by atoms with Crippen LogP contribution in [-0.4, -0.2) is 26.8 Å². The molecule has 0 aliphatic rings. The largest absolute Gasteiger partial charge is 0.383 e. The highest BCUT2D eigenvalue weighted by Gasteiger charge is 1.98. The van der Waals surface area contributed by atoms with Crippen LogP contribution < -0.4 is 5.32 Å². The highest BCUT2D eigenvalue weighted by atomic mass is 16.5. The first kappa shape index (κ1) is 15.7. The molecule has 0 amide bonds. The molecule has 0 aromatic heterocycles. The predicted molar refractivity (Wildman–Crippen MR) is 89.6 cm³/mol. The van der Waals surface area contributed by atoms with Gasteiger partial charge in [0.1, 0.15) is 0 Å².